The number of fused-ring (bicyclic) bond motifs is 1. The third-order valence-electron chi connectivity index (χ3n) is 4.87. The predicted octanol–water partition coefficient (Wildman–Crippen LogP) is 5.40. The third-order valence-corrected chi connectivity index (χ3v) is 5.92. The summed E-state index contributed by atoms with van der Waals surface area (Å²) in [4.78, 5) is 21.3. The highest BCUT2D eigenvalue weighted by atomic mass is 32.2. The van der Waals surface area contributed by atoms with Crippen molar-refractivity contribution in [3.8, 4) is 0 Å². The summed E-state index contributed by atoms with van der Waals surface area (Å²) in [6, 6.07) is 16.4. The topological polar surface area (TPSA) is 57.0 Å². The first-order valence-electron chi connectivity index (χ1n) is 10.0. The van der Waals surface area contributed by atoms with E-state index < -0.39 is 0 Å². The molecule has 4 rings (SSSR count). The Labute approximate surface area is 184 Å². The minimum absolute atomic E-state index is 0.209. The van der Waals surface area contributed by atoms with Crippen molar-refractivity contribution in [2.75, 3.05) is 6.61 Å². The highest BCUT2D eigenvalue weighted by molar-refractivity contribution is 7.98. The number of aromatic nitrogens is 3. The Morgan fingerprint density at radius 1 is 1.16 bits per heavy atom. The number of nitrogens with zero attached hydrogens (tertiary/aromatic N) is 3. The van der Waals surface area contributed by atoms with Crippen molar-refractivity contribution in [2.45, 2.75) is 31.3 Å². The summed E-state index contributed by atoms with van der Waals surface area (Å²) in [5.74, 6) is 0.000170. The average molecular weight is 436 g/mol. The Morgan fingerprint density at radius 2 is 2.03 bits per heavy atom. The summed E-state index contributed by atoms with van der Waals surface area (Å²) in [5, 5.41) is 0.780. The van der Waals surface area contributed by atoms with Gasteiger partial charge in [-0.05, 0) is 61.4 Å². The molecule has 0 saturated heterocycles. The fourth-order valence-electron chi connectivity index (χ4n) is 3.24. The third kappa shape index (κ3) is 4.77. The SMILES string of the molecule is CCOC(=O)c1ccc2c(c1)nc(SCc1ccc(C)c(F)c1)n2Cc1ccccn1. The van der Waals surface area contributed by atoms with Crippen LogP contribution in [0.1, 0.15) is 34.1 Å². The molecule has 0 aliphatic rings. The van der Waals surface area contributed by atoms with Crippen LogP contribution >= 0.6 is 11.8 Å². The maximum atomic E-state index is 13.9. The Morgan fingerprint density at radius 3 is 2.77 bits per heavy atom. The van der Waals surface area contributed by atoms with Gasteiger partial charge in [0.15, 0.2) is 5.16 Å². The molecule has 0 aliphatic carbocycles. The molecule has 158 valence electrons. The minimum Gasteiger partial charge on any atom is -0.462 e. The zero-order valence-corrected chi connectivity index (χ0v) is 18.2. The second-order valence-corrected chi connectivity index (χ2v) is 8.04. The van der Waals surface area contributed by atoms with Gasteiger partial charge < -0.3 is 9.30 Å². The molecule has 0 unspecified atom stereocenters. The molecule has 0 amide bonds. The van der Waals surface area contributed by atoms with Gasteiger partial charge in [-0.25, -0.2) is 14.2 Å². The molecule has 0 radical (unpaired) electrons. The van der Waals surface area contributed by atoms with Gasteiger partial charge in [-0.1, -0.05) is 30.0 Å². The second kappa shape index (κ2) is 9.31. The van der Waals surface area contributed by atoms with Crippen LogP contribution in [0.3, 0.4) is 0 Å². The number of imidazole rings is 1. The van der Waals surface area contributed by atoms with Gasteiger partial charge in [-0.15, -0.1) is 0 Å². The van der Waals surface area contributed by atoms with Crippen LogP contribution in [0.25, 0.3) is 11.0 Å². The summed E-state index contributed by atoms with van der Waals surface area (Å²) in [7, 11) is 0. The fourth-order valence-corrected chi connectivity index (χ4v) is 4.20. The molecule has 2 aromatic heterocycles. The lowest BCUT2D eigenvalue weighted by Crippen LogP contribution is -2.05. The van der Waals surface area contributed by atoms with E-state index in [9.17, 15) is 9.18 Å². The van der Waals surface area contributed by atoms with Crippen molar-refractivity contribution < 1.29 is 13.9 Å². The molecule has 0 saturated carbocycles. The van der Waals surface area contributed by atoms with Crippen LogP contribution in [0.5, 0.6) is 0 Å². The van der Waals surface area contributed by atoms with Crippen LogP contribution in [-0.4, -0.2) is 27.1 Å². The Kier molecular flexibility index (Phi) is 6.32. The summed E-state index contributed by atoms with van der Waals surface area (Å²) in [5.41, 5.74) is 4.49. The first-order chi connectivity index (χ1) is 15.0. The Bertz CT molecular complexity index is 1220. The van der Waals surface area contributed by atoms with E-state index in [1.165, 1.54) is 11.8 Å². The molecule has 0 fully saturated rings. The van der Waals surface area contributed by atoms with Gasteiger partial charge in [0.05, 0.1) is 35.4 Å². The summed E-state index contributed by atoms with van der Waals surface area (Å²) < 4.78 is 21.1. The van der Waals surface area contributed by atoms with Crippen molar-refractivity contribution >= 4 is 28.8 Å². The van der Waals surface area contributed by atoms with Crippen molar-refractivity contribution in [1.82, 2.24) is 14.5 Å². The van der Waals surface area contributed by atoms with Gasteiger partial charge in [0.2, 0.25) is 0 Å². The lowest BCUT2D eigenvalue weighted by molar-refractivity contribution is 0.0526. The number of halogens is 1. The van der Waals surface area contributed by atoms with Gasteiger partial charge >= 0.3 is 5.97 Å². The van der Waals surface area contributed by atoms with Gasteiger partial charge in [0, 0.05) is 11.9 Å². The van der Waals surface area contributed by atoms with Gasteiger partial charge in [-0.3, -0.25) is 4.98 Å². The average Bonchev–Trinajstić information content (AvgIpc) is 3.12. The standard InChI is InChI=1S/C24H22FN3O2S/c1-3-30-23(29)18-9-10-22-21(13-18)27-24(28(22)14-19-6-4-5-11-26-19)31-15-17-8-7-16(2)20(25)12-17/h4-13H,3,14-15H2,1-2H3. The van der Waals surface area contributed by atoms with E-state index in [2.05, 4.69) is 9.55 Å². The second-order valence-electron chi connectivity index (χ2n) is 7.10. The first kappa shape index (κ1) is 21.1. The van der Waals surface area contributed by atoms with E-state index in [0.29, 0.717) is 35.5 Å². The number of carbonyl (C=O) groups excluding carboxylic acids is 1. The normalized spacial score (nSPS) is 11.1. The predicted molar refractivity (Wildman–Crippen MR) is 120 cm³/mol. The number of benzene rings is 2. The number of hydrogen-bond acceptors (Lipinski definition) is 5. The van der Waals surface area contributed by atoms with E-state index in [-0.39, 0.29) is 11.8 Å². The quantitative estimate of drug-likeness (QED) is 0.288. The van der Waals surface area contributed by atoms with Crippen LogP contribution in [-0.2, 0) is 17.0 Å². The fraction of sp³-hybridized carbons (Fsp3) is 0.208. The number of thioether (sulfide) groups is 1. The molecule has 0 spiro atoms. The maximum absolute atomic E-state index is 13.9. The monoisotopic (exact) mass is 435 g/mol. The van der Waals surface area contributed by atoms with Crippen LogP contribution in [0.2, 0.25) is 0 Å². The van der Waals surface area contributed by atoms with E-state index in [0.717, 1.165) is 21.9 Å². The van der Waals surface area contributed by atoms with E-state index in [1.807, 2.05) is 30.3 Å². The zero-order valence-electron chi connectivity index (χ0n) is 17.3. The first-order valence-corrected chi connectivity index (χ1v) is 11.0. The molecule has 2 heterocycles. The molecular weight excluding hydrogens is 413 g/mol. The number of carbonyl (C=O) groups is 1. The molecule has 7 heteroatoms. The summed E-state index contributed by atoms with van der Waals surface area (Å²) in [6.45, 7) is 4.39. The van der Waals surface area contributed by atoms with E-state index in [4.69, 9.17) is 9.72 Å². The number of rotatable bonds is 7. The van der Waals surface area contributed by atoms with Crippen LogP contribution in [0.4, 0.5) is 4.39 Å². The molecule has 0 bridgehead atoms. The van der Waals surface area contributed by atoms with Gasteiger partial charge in [0.1, 0.15) is 5.82 Å². The van der Waals surface area contributed by atoms with Gasteiger partial charge in [-0.2, -0.15) is 0 Å². The highest BCUT2D eigenvalue weighted by Gasteiger charge is 2.16. The summed E-state index contributed by atoms with van der Waals surface area (Å²) in [6.07, 6.45) is 1.76. The number of esters is 1. The smallest absolute Gasteiger partial charge is 0.338 e. The van der Waals surface area contributed by atoms with Gasteiger partial charge in [0.25, 0.3) is 0 Å². The highest BCUT2D eigenvalue weighted by Crippen LogP contribution is 2.29. The lowest BCUT2D eigenvalue weighted by atomic mass is 10.2. The Balaban J connectivity index is 1.69. The molecule has 31 heavy (non-hydrogen) atoms. The van der Waals surface area contributed by atoms with Crippen molar-refractivity contribution in [3.05, 3.63) is 89.0 Å². The van der Waals surface area contributed by atoms with E-state index >= 15 is 0 Å². The largest absolute Gasteiger partial charge is 0.462 e. The van der Waals surface area contributed by atoms with Crippen LogP contribution in [0, 0.1) is 12.7 Å². The van der Waals surface area contributed by atoms with E-state index in [1.54, 1.807) is 44.3 Å². The lowest BCUT2D eigenvalue weighted by Gasteiger charge is -2.09. The number of aryl methyl sites for hydroxylation is 1. The Hall–Kier alpha value is -3.19. The summed E-state index contributed by atoms with van der Waals surface area (Å²) >= 11 is 1.53. The van der Waals surface area contributed by atoms with Crippen molar-refractivity contribution in [2.24, 2.45) is 0 Å². The molecule has 5 nitrogen and oxygen atoms in total. The number of hydrogen-bond donors (Lipinski definition) is 0. The number of ether oxygens (including phenoxy) is 1. The molecule has 0 atom stereocenters. The zero-order chi connectivity index (χ0) is 21.8. The van der Waals surface area contributed by atoms with Crippen LogP contribution in [0.15, 0.2) is 66.0 Å². The molecule has 4 aromatic rings. The molecular formula is C24H22FN3O2S. The van der Waals surface area contributed by atoms with Crippen LogP contribution < -0.4 is 0 Å². The molecule has 0 N–H and O–H groups in total. The molecule has 0 aliphatic heterocycles. The maximum Gasteiger partial charge on any atom is 0.338 e. The van der Waals surface area contributed by atoms with Crippen molar-refractivity contribution in [3.63, 3.8) is 0 Å². The molecule has 2 aromatic carbocycles. The van der Waals surface area contributed by atoms with Crippen molar-refractivity contribution in [1.29, 1.82) is 0 Å². The number of pyridine rings is 1. The minimum atomic E-state index is -0.368.